The second-order valence-corrected chi connectivity index (χ2v) is 8.03. The van der Waals surface area contributed by atoms with Crippen molar-refractivity contribution in [3.8, 4) is 11.1 Å². The number of halogens is 2. The van der Waals surface area contributed by atoms with Crippen molar-refractivity contribution in [2.45, 2.75) is 25.4 Å². The van der Waals surface area contributed by atoms with E-state index in [0.29, 0.717) is 22.2 Å². The fourth-order valence-corrected chi connectivity index (χ4v) is 4.19. The van der Waals surface area contributed by atoms with Crippen LogP contribution in [0.25, 0.3) is 11.1 Å². The maximum atomic E-state index is 12.6. The minimum absolute atomic E-state index is 0.334. The van der Waals surface area contributed by atoms with Crippen LogP contribution in [0.3, 0.4) is 0 Å². The van der Waals surface area contributed by atoms with Gasteiger partial charge in [-0.1, -0.05) is 47.5 Å². The van der Waals surface area contributed by atoms with E-state index in [-0.39, 0.29) is 12.1 Å². The van der Waals surface area contributed by atoms with Crippen LogP contribution in [0.4, 0.5) is 16.2 Å². The molecule has 0 aliphatic heterocycles. The normalized spacial score (nSPS) is 15.5. The second-order valence-electron chi connectivity index (χ2n) is 7.16. The van der Waals surface area contributed by atoms with Crippen molar-refractivity contribution in [2.24, 2.45) is 0 Å². The standard InChI is InChI=1S/C23H20Cl2N2O2/c24-17-9-16(10-18(25)12-17)15-4-1-5-19(11-15)26-23(29)27-22-6-2-3-14-7-8-20(28)13-21(14)22/h1-6,9-12,20,28H,7-8,13H2,(H2,26,27,29). The van der Waals surface area contributed by atoms with E-state index in [2.05, 4.69) is 10.6 Å². The maximum Gasteiger partial charge on any atom is 0.323 e. The molecular weight excluding hydrogens is 407 g/mol. The summed E-state index contributed by atoms with van der Waals surface area (Å²) >= 11 is 12.2. The van der Waals surface area contributed by atoms with Crippen molar-refractivity contribution >= 4 is 40.6 Å². The van der Waals surface area contributed by atoms with Gasteiger partial charge in [0.1, 0.15) is 0 Å². The van der Waals surface area contributed by atoms with E-state index < -0.39 is 0 Å². The molecule has 1 atom stereocenters. The van der Waals surface area contributed by atoms with E-state index in [0.717, 1.165) is 35.2 Å². The van der Waals surface area contributed by atoms with E-state index in [1.807, 2.05) is 54.6 Å². The molecule has 6 heteroatoms. The van der Waals surface area contributed by atoms with Gasteiger partial charge in [-0.25, -0.2) is 4.79 Å². The highest BCUT2D eigenvalue weighted by atomic mass is 35.5. The number of aliphatic hydroxyl groups excluding tert-OH is 1. The number of hydrogen-bond acceptors (Lipinski definition) is 2. The van der Waals surface area contributed by atoms with Gasteiger partial charge in [0.25, 0.3) is 0 Å². The lowest BCUT2D eigenvalue weighted by atomic mass is 9.88. The number of fused-ring (bicyclic) bond motifs is 1. The monoisotopic (exact) mass is 426 g/mol. The molecule has 0 radical (unpaired) electrons. The number of carbonyl (C=O) groups is 1. The summed E-state index contributed by atoms with van der Waals surface area (Å²) in [6.07, 6.45) is 1.76. The number of aryl methyl sites for hydroxylation is 1. The van der Waals surface area contributed by atoms with Crippen molar-refractivity contribution in [3.05, 3.63) is 81.8 Å². The highest BCUT2D eigenvalue weighted by molar-refractivity contribution is 6.35. The Hall–Kier alpha value is -2.53. The molecule has 1 aliphatic rings. The molecule has 0 aromatic heterocycles. The summed E-state index contributed by atoms with van der Waals surface area (Å²) in [5, 5.41) is 16.9. The van der Waals surface area contributed by atoms with Gasteiger partial charge in [0.05, 0.1) is 6.10 Å². The number of benzene rings is 3. The van der Waals surface area contributed by atoms with E-state index >= 15 is 0 Å². The van der Waals surface area contributed by atoms with Crippen LogP contribution in [0.1, 0.15) is 17.5 Å². The highest BCUT2D eigenvalue weighted by Crippen LogP contribution is 2.30. The Bertz CT molecular complexity index is 1050. The number of carbonyl (C=O) groups excluding carboxylic acids is 1. The Morgan fingerprint density at radius 3 is 2.48 bits per heavy atom. The lowest BCUT2D eigenvalue weighted by Crippen LogP contribution is -2.24. The predicted molar refractivity (Wildman–Crippen MR) is 119 cm³/mol. The van der Waals surface area contributed by atoms with E-state index in [4.69, 9.17) is 23.2 Å². The molecular formula is C23H20Cl2N2O2. The fraction of sp³-hybridized carbons (Fsp3) is 0.174. The summed E-state index contributed by atoms with van der Waals surface area (Å²) in [4.78, 5) is 12.6. The van der Waals surface area contributed by atoms with Gasteiger partial charge in [-0.3, -0.25) is 0 Å². The Balaban J connectivity index is 1.51. The Kier molecular flexibility index (Phi) is 5.76. The van der Waals surface area contributed by atoms with Crippen molar-refractivity contribution in [1.82, 2.24) is 0 Å². The minimum Gasteiger partial charge on any atom is -0.393 e. The smallest absolute Gasteiger partial charge is 0.323 e. The Morgan fingerprint density at radius 2 is 1.69 bits per heavy atom. The molecule has 0 heterocycles. The molecule has 4 nitrogen and oxygen atoms in total. The summed E-state index contributed by atoms with van der Waals surface area (Å²) < 4.78 is 0. The molecule has 148 valence electrons. The van der Waals surface area contributed by atoms with Gasteiger partial charge < -0.3 is 15.7 Å². The first-order valence-corrected chi connectivity index (χ1v) is 10.2. The molecule has 0 bridgehead atoms. The highest BCUT2D eigenvalue weighted by Gasteiger charge is 2.20. The third-order valence-corrected chi connectivity index (χ3v) is 5.46. The van der Waals surface area contributed by atoms with Gasteiger partial charge in [0.15, 0.2) is 0 Å². The average molecular weight is 427 g/mol. The lowest BCUT2D eigenvalue weighted by molar-refractivity contribution is 0.159. The van der Waals surface area contributed by atoms with Crippen LogP contribution < -0.4 is 10.6 Å². The van der Waals surface area contributed by atoms with Gasteiger partial charge >= 0.3 is 6.03 Å². The van der Waals surface area contributed by atoms with Gasteiger partial charge in [-0.15, -0.1) is 0 Å². The molecule has 3 aromatic rings. The first-order valence-electron chi connectivity index (χ1n) is 9.41. The Morgan fingerprint density at radius 1 is 0.931 bits per heavy atom. The van der Waals surface area contributed by atoms with Crippen LogP contribution >= 0.6 is 23.2 Å². The third kappa shape index (κ3) is 4.73. The Labute approximate surface area is 179 Å². The van der Waals surface area contributed by atoms with Crippen LogP contribution in [-0.2, 0) is 12.8 Å². The van der Waals surface area contributed by atoms with E-state index in [9.17, 15) is 9.90 Å². The first kappa shape index (κ1) is 19.8. The first-order chi connectivity index (χ1) is 14.0. The lowest BCUT2D eigenvalue weighted by Gasteiger charge is -2.23. The molecule has 0 saturated carbocycles. The molecule has 29 heavy (non-hydrogen) atoms. The predicted octanol–water partition coefficient (Wildman–Crippen LogP) is 6.15. The topological polar surface area (TPSA) is 61.4 Å². The third-order valence-electron chi connectivity index (χ3n) is 5.02. The second kappa shape index (κ2) is 8.46. The van der Waals surface area contributed by atoms with Gasteiger partial charge in [-0.05, 0) is 71.5 Å². The number of rotatable bonds is 3. The van der Waals surface area contributed by atoms with Gasteiger partial charge in [-0.2, -0.15) is 0 Å². The molecule has 3 aromatic carbocycles. The van der Waals surface area contributed by atoms with Crippen molar-refractivity contribution in [1.29, 1.82) is 0 Å². The van der Waals surface area contributed by atoms with E-state index in [1.165, 1.54) is 5.56 Å². The quantitative estimate of drug-likeness (QED) is 0.469. The summed E-state index contributed by atoms with van der Waals surface area (Å²) in [6.45, 7) is 0. The number of amides is 2. The molecule has 1 aliphatic carbocycles. The number of urea groups is 1. The van der Waals surface area contributed by atoms with Crippen molar-refractivity contribution in [3.63, 3.8) is 0 Å². The summed E-state index contributed by atoms with van der Waals surface area (Å²) in [7, 11) is 0. The number of nitrogens with one attached hydrogen (secondary N) is 2. The van der Waals surface area contributed by atoms with Crippen molar-refractivity contribution in [2.75, 3.05) is 10.6 Å². The van der Waals surface area contributed by atoms with E-state index in [1.54, 1.807) is 6.07 Å². The van der Waals surface area contributed by atoms with Gasteiger partial charge in [0, 0.05) is 27.8 Å². The SMILES string of the molecule is O=C(Nc1cccc(-c2cc(Cl)cc(Cl)c2)c1)Nc1cccc2c1CC(O)CC2. The van der Waals surface area contributed by atoms with Crippen molar-refractivity contribution < 1.29 is 9.90 Å². The van der Waals surface area contributed by atoms with Crippen LogP contribution in [0, 0.1) is 0 Å². The fourth-order valence-electron chi connectivity index (χ4n) is 3.67. The minimum atomic E-state index is -0.366. The molecule has 4 rings (SSSR count). The molecule has 0 spiro atoms. The number of anilines is 2. The molecule has 2 amide bonds. The zero-order chi connectivity index (χ0) is 20.4. The number of aliphatic hydroxyl groups is 1. The summed E-state index contributed by atoms with van der Waals surface area (Å²) in [5.74, 6) is 0. The zero-order valence-electron chi connectivity index (χ0n) is 15.6. The molecule has 3 N–H and O–H groups in total. The molecule has 1 unspecified atom stereocenters. The zero-order valence-corrected chi connectivity index (χ0v) is 17.1. The van der Waals surface area contributed by atoms with Crippen LogP contribution in [0.2, 0.25) is 10.0 Å². The molecule has 0 saturated heterocycles. The van der Waals surface area contributed by atoms with Crippen LogP contribution in [0.15, 0.2) is 60.7 Å². The van der Waals surface area contributed by atoms with Crippen LogP contribution in [0.5, 0.6) is 0 Å². The average Bonchev–Trinajstić information content (AvgIpc) is 2.68. The van der Waals surface area contributed by atoms with Gasteiger partial charge in [0.2, 0.25) is 0 Å². The molecule has 0 fully saturated rings. The van der Waals surface area contributed by atoms with Crippen LogP contribution in [-0.4, -0.2) is 17.2 Å². The summed E-state index contributed by atoms with van der Waals surface area (Å²) in [6, 6.07) is 18.3. The summed E-state index contributed by atoms with van der Waals surface area (Å²) in [5.41, 5.74) is 5.33. The number of hydrogen-bond donors (Lipinski definition) is 3. The largest absolute Gasteiger partial charge is 0.393 e. The maximum absolute atomic E-state index is 12.6.